The van der Waals surface area contributed by atoms with Crippen LogP contribution in [-0.2, 0) is 9.59 Å². The maximum Gasteiger partial charge on any atom is 0.307 e. The third-order valence-corrected chi connectivity index (χ3v) is 3.82. The second kappa shape index (κ2) is 4.07. The zero-order chi connectivity index (χ0) is 11.8. The van der Waals surface area contributed by atoms with E-state index in [1.54, 1.807) is 0 Å². The van der Waals surface area contributed by atoms with E-state index in [0.29, 0.717) is 11.8 Å². The van der Waals surface area contributed by atoms with Gasteiger partial charge in [-0.15, -0.1) is 0 Å². The van der Waals surface area contributed by atoms with Crippen molar-refractivity contribution in [3.63, 3.8) is 0 Å². The van der Waals surface area contributed by atoms with Crippen LogP contribution in [0.2, 0.25) is 0 Å². The first-order chi connectivity index (χ1) is 7.58. The molecule has 0 heterocycles. The topological polar surface area (TPSA) is 66.4 Å². The summed E-state index contributed by atoms with van der Waals surface area (Å²) < 4.78 is 0. The molecule has 2 rings (SSSR count). The minimum atomic E-state index is -0.838. The molecular formula is C12H19NO3. The van der Waals surface area contributed by atoms with Crippen molar-refractivity contribution in [2.75, 3.05) is 6.54 Å². The van der Waals surface area contributed by atoms with Crippen LogP contribution in [0.5, 0.6) is 0 Å². The van der Waals surface area contributed by atoms with Crippen LogP contribution in [0.3, 0.4) is 0 Å². The van der Waals surface area contributed by atoms with E-state index in [2.05, 4.69) is 12.2 Å². The molecule has 2 atom stereocenters. The highest BCUT2D eigenvalue weighted by molar-refractivity contribution is 5.89. The molecule has 0 aromatic carbocycles. The molecule has 2 N–H and O–H groups in total. The first-order valence-corrected chi connectivity index (χ1v) is 6.08. The number of aliphatic carboxylic acids is 1. The van der Waals surface area contributed by atoms with E-state index in [-0.39, 0.29) is 11.8 Å². The molecule has 4 nitrogen and oxygen atoms in total. The molecule has 0 saturated heterocycles. The molecule has 2 aliphatic rings. The lowest BCUT2D eigenvalue weighted by molar-refractivity contribution is -0.140. The zero-order valence-corrected chi connectivity index (χ0v) is 9.66. The van der Waals surface area contributed by atoms with Crippen LogP contribution < -0.4 is 5.32 Å². The lowest BCUT2D eigenvalue weighted by Gasteiger charge is -2.14. The van der Waals surface area contributed by atoms with E-state index in [0.717, 1.165) is 13.0 Å². The molecule has 2 fully saturated rings. The number of carbonyl (C=O) groups excluding carboxylic acids is 1. The first-order valence-electron chi connectivity index (χ1n) is 6.08. The van der Waals surface area contributed by atoms with Gasteiger partial charge in [0.25, 0.3) is 0 Å². The minimum absolute atomic E-state index is 0.0604. The maximum absolute atomic E-state index is 11.6. The Hall–Kier alpha value is -1.06. The molecule has 0 aromatic rings. The summed E-state index contributed by atoms with van der Waals surface area (Å²) in [4.78, 5) is 22.2. The normalized spacial score (nSPS) is 29.6. The molecule has 0 bridgehead atoms. The van der Waals surface area contributed by atoms with Gasteiger partial charge in [0.2, 0.25) is 5.91 Å². The van der Waals surface area contributed by atoms with E-state index in [1.807, 2.05) is 0 Å². The van der Waals surface area contributed by atoms with Crippen LogP contribution in [0.4, 0.5) is 0 Å². The van der Waals surface area contributed by atoms with Crippen LogP contribution in [-0.4, -0.2) is 23.5 Å². The predicted molar refractivity (Wildman–Crippen MR) is 58.8 cm³/mol. The summed E-state index contributed by atoms with van der Waals surface area (Å²) in [6.07, 6.45) is 5.24. The van der Waals surface area contributed by atoms with Crippen molar-refractivity contribution in [3.05, 3.63) is 0 Å². The molecule has 0 radical (unpaired) electrons. The molecule has 4 heteroatoms. The highest BCUT2D eigenvalue weighted by Crippen LogP contribution is 2.49. The number of carboxylic acids is 1. The summed E-state index contributed by atoms with van der Waals surface area (Å²) in [7, 11) is 0. The monoisotopic (exact) mass is 225 g/mol. The third kappa shape index (κ3) is 2.36. The Morgan fingerprint density at radius 2 is 2.06 bits per heavy atom. The molecule has 0 aliphatic heterocycles. The number of hydrogen-bond acceptors (Lipinski definition) is 2. The summed E-state index contributed by atoms with van der Waals surface area (Å²) in [6, 6.07) is 0. The van der Waals surface area contributed by atoms with Crippen molar-refractivity contribution in [1.82, 2.24) is 5.32 Å². The number of amides is 1. The Morgan fingerprint density at radius 3 is 2.50 bits per heavy atom. The van der Waals surface area contributed by atoms with Crippen molar-refractivity contribution in [3.8, 4) is 0 Å². The second-order valence-electron chi connectivity index (χ2n) is 5.25. The van der Waals surface area contributed by atoms with Crippen molar-refractivity contribution < 1.29 is 14.7 Å². The summed E-state index contributed by atoms with van der Waals surface area (Å²) in [5.74, 6) is -1.60. The van der Waals surface area contributed by atoms with Crippen LogP contribution in [0.25, 0.3) is 0 Å². The van der Waals surface area contributed by atoms with Gasteiger partial charge in [-0.2, -0.15) is 0 Å². The quantitative estimate of drug-likeness (QED) is 0.718. The van der Waals surface area contributed by atoms with Gasteiger partial charge in [0, 0.05) is 6.54 Å². The summed E-state index contributed by atoms with van der Waals surface area (Å²) in [6.45, 7) is 2.89. The van der Waals surface area contributed by atoms with Crippen LogP contribution in [0.15, 0.2) is 0 Å². The van der Waals surface area contributed by atoms with Gasteiger partial charge >= 0.3 is 5.97 Å². The minimum Gasteiger partial charge on any atom is -0.481 e. The van der Waals surface area contributed by atoms with Crippen molar-refractivity contribution in [2.45, 2.75) is 39.0 Å². The molecule has 0 spiro atoms. The number of hydrogen-bond donors (Lipinski definition) is 2. The predicted octanol–water partition coefficient (Wildman–Crippen LogP) is 1.40. The lowest BCUT2D eigenvalue weighted by atomic mass is 10.0. The van der Waals surface area contributed by atoms with Gasteiger partial charge in [0.05, 0.1) is 11.8 Å². The summed E-state index contributed by atoms with van der Waals surface area (Å²) in [5.41, 5.74) is 0.345. The van der Waals surface area contributed by atoms with Gasteiger partial charge in [-0.3, -0.25) is 9.59 Å². The molecule has 2 saturated carbocycles. The maximum atomic E-state index is 11.6. The molecule has 0 unspecified atom stereocenters. The highest BCUT2D eigenvalue weighted by atomic mass is 16.4. The van der Waals surface area contributed by atoms with Crippen LogP contribution in [0, 0.1) is 17.3 Å². The van der Waals surface area contributed by atoms with Crippen LogP contribution >= 0.6 is 0 Å². The van der Waals surface area contributed by atoms with Crippen molar-refractivity contribution in [2.24, 2.45) is 17.3 Å². The van der Waals surface area contributed by atoms with Gasteiger partial charge in [-0.1, -0.05) is 13.3 Å². The van der Waals surface area contributed by atoms with Gasteiger partial charge in [-0.05, 0) is 31.1 Å². The van der Waals surface area contributed by atoms with E-state index >= 15 is 0 Å². The third-order valence-electron chi connectivity index (χ3n) is 3.82. The van der Waals surface area contributed by atoms with E-state index in [4.69, 9.17) is 5.11 Å². The highest BCUT2D eigenvalue weighted by Gasteiger charge is 2.49. The van der Waals surface area contributed by atoms with Gasteiger partial charge in [0.1, 0.15) is 0 Å². The molecule has 16 heavy (non-hydrogen) atoms. The fraction of sp³-hybridized carbons (Fsp3) is 0.833. The van der Waals surface area contributed by atoms with E-state index in [1.165, 1.54) is 19.3 Å². The molecular weight excluding hydrogens is 206 g/mol. The number of nitrogens with one attached hydrogen (secondary N) is 1. The SMILES string of the molecule is CCCC1(CNC(=O)[C@@H]2C[C@@H]2C(=O)O)CC1. The zero-order valence-electron chi connectivity index (χ0n) is 9.66. The average molecular weight is 225 g/mol. The smallest absolute Gasteiger partial charge is 0.307 e. The van der Waals surface area contributed by atoms with Crippen LogP contribution in [0.1, 0.15) is 39.0 Å². The Morgan fingerprint density at radius 1 is 1.38 bits per heavy atom. The molecule has 2 aliphatic carbocycles. The fourth-order valence-electron chi connectivity index (χ4n) is 2.39. The Balaban J connectivity index is 1.71. The first kappa shape index (κ1) is 11.4. The number of carboxylic acid groups (broad SMARTS) is 1. The Bertz CT molecular complexity index is 309. The largest absolute Gasteiger partial charge is 0.481 e. The lowest BCUT2D eigenvalue weighted by Crippen LogP contribution is -2.32. The summed E-state index contributed by atoms with van der Waals surface area (Å²) >= 11 is 0. The molecule has 90 valence electrons. The fourth-order valence-corrected chi connectivity index (χ4v) is 2.39. The van der Waals surface area contributed by atoms with Gasteiger partial charge in [-0.25, -0.2) is 0 Å². The standard InChI is InChI=1S/C12H19NO3/c1-2-3-12(4-5-12)7-13-10(14)8-6-9(8)11(15)16/h8-9H,2-7H2,1H3,(H,13,14)(H,15,16)/t8-,9+/m1/s1. The summed E-state index contributed by atoms with van der Waals surface area (Å²) in [5, 5.41) is 11.6. The average Bonchev–Trinajstić information content (AvgIpc) is 3.10. The van der Waals surface area contributed by atoms with E-state index < -0.39 is 11.9 Å². The molecule has 0 aromatic heterocycles. The Kier molecular flexibility index (Phi) is 2.91. The number of rotatable bonds is 6. The van der Waals surface area contributed by atoms with Crippen molar-refractivity contribution >= 4 is 11.9 Å². The van der Waals surface area contributed by atoms with E-state index in [9.17, 15) is 9.59 Å². The van der Waals surface area contributed by atoms with Crippen molar-refractivity contribution in [1.29, 1.82) is 0 Å². The van der Waals surface area contributed by atoms with Gasteiger partial charge in [0.15, 0.2) is 0 Å². The number of carbonyl (C=O) groups is 2. The van der Waals surface area contributed by atoms with Gasteiger partial charge < -0.3 is 10.4 Å². The molecule has 1 amide bonds. The second-order valence-corrected chi connectivity index (χ2v) is 5.25. The Labute approximate surface area is 95.4 Å².